The SMILES string of the molecule is [2H]C([2H])([2H])NC(=O)c1cnc(NC(=O)C2CC2)cc1Nc1cccc(-c2ccc(C34CC(C3)C4)cn2)c1OC. The summed E-state index contributed by atoms with van der Waals surface area (Å²) in [6.07, 6.45) is 8.62. The van der Waals surface area contributed by atoms with Gasteiger partial charge in [0.15, 0.2) is 5.75 Å². The van der Waals surface area contributed by atoms with E-state index in [1.54, 1.807) is 13.2 Å². The summed E-state index contributed by atoms with van der Waals surface area (Å²) in [5.74, 6) is 0.640. The van der Waals surface area contributed by atoms with Crippen LogP contribution >= 0.6 is 0 Å². The number of ether oxygens (including phenoxy) is 1. The summed E-state index contributed by atoms with van der Waals surface area (Å²) in [5.41, 5.74) is 3.92. The van der Waals surface area contributed by atoms with Crippen LogP contribution in [0.25, 0.3) is 11.3 Å². The molecule has 8 heteroatoms. The number of hydrogen-bond acceptors (Lipinski definition) is 6. The summed E-state index contributed by atoms with van der Waals surface area (Å²) in [4.78, 5) is 34.1. The predicted octanol–water partition coefficient (Wildman–Crippen LogP) is 4.66. The summed E-state index contributed by atoms with van der Waals surface area (Å²) in [6.45, 7) is -2.68. The number of nitrogens with zero attached hydrogens (tertiary/aromatic N) is 2. The third-order valence-corrected chi connectivity index (χ3v) is 7.64. The molecule has 2 bridgehead atoms. The lowest BCUT2D eigenvalue weighted by molar-refractivity contribution is -0.117. The van der Waals surface area contributed by atoms with Gasteiger partial charge in [-0.3, -0.25) is 14.6 Å². The lowest BCUT2D eigenvalue weighted by atomic mass is 9.42. The van der Waals surface area contributed by atoms with Crippen LogP contribution < -0.4 is 20.7 Å². The van der Waals surface area contributed by atoms with Gasteiger partial charge in [-0.25, -0.2) is 4.98 Å². The van der Waals surface area contributed by atoms with E-state index in [0.717, 1.165) is 30.0 Å². The second-order valence-corrected chi connectivity index (χ2v) is 10.0. The second-order valence-electron chi connectivity index (χ2n) is 10.0. The van der Waals surface area contributed by atoms with Crippen LogP contribution in [0.4, 0.5) is 17.2 Å². The summed E-state index contributed by atoms with van der Waals surface area (Å²) >= 11 is 0. The maximum absolute atomic E-state index is 12.8. The predicted molar refractivity (Wildman–Crippen MR) is 138 cm³/mol. The zero-order valence-corrected chi connectivity index (χ0v) is 19.9. The fourth-order valence-corrected chi connectivity index (χ4v) is 5.35. The van der Waals surface area contributed by atoms with Crippen molar-refractivity contribution in [2.45, 2.75) is 37.5 Å². The van der Waals surface area contributed by atoms with Gasteiger partial charge in [0.25, 0.3) is 5.91 Å². The third kappa shape index (κ3) is 3.86. The maximum atomic E-state index is 12.8. The lowest BCUT2D eigenvalue weighted by Gasteiger charge is -2.62. The molecule has 0 radical (unpaired) electrons. The second kappa shape index (κ2) is 8.62. The molecule has 184 valence electrons. The smallest absolute Gasteiger partial charge is 0.254 e. The molecule has 3 aromatic rings. The van der Waals surface area contributed by atoms with Gasteiger partial charge >= 0.3 is 0 Å². The van der Waals surface area contributed by atoms with E-state index in [0.29, 0.717) is 16.9 Å². The summed E-state index contributed by atoms with van der Waals surface area (Å²) < 4.78 is 28.1. The molecule has 2 amide bonds. The Labute approximate surface area is 214 Å². The van der Waals surface area contributed by atoms with Crippen molar-refractivity contribution in [1.29, 1.82) is 0 Å². The van der Waals surface area contributed by atoms with E-state index >= 15 is 0 Å². The van der Waals surface area contributed by atoms with Gasteiger partial charge in [0.1, 0.15) is 5.82 Å². The molecule has 4 saturated carbocycles. The molecule has 0 atom stereocenters. The Morgan fingerprint density at radius 1 is 1.08 bits per heavy atom. The number of aromatic nitrogens is 2. The number of amides is 2. The minimum Gasteiger partial charge on any atom is -0.494 e. The Morgan fingerprint density at radius 3 is 2.56 bits per heavy atom. The van der Waals surface area contributed by atoms with E-state index < -0.39 is 12.9 Å². The van der Waals surface area contributed by atoms with Crippen molar-refractivity contribution in [3.63, 3.8) is 0 Å². The van der Waals surface area contributed by atoms with E-state index in [1.165, 1.54) is 37.1 Å². The Kier molecular flexibility index (Phi) is 4.61. The molecule has 0 saturated heterocycles. The van der Waals surface area contributed by atoms with Crippen molar-refractivity contribution in [3.05, 3.63) is 59.9 Å². The number of nitrogens with one attached hydrogen (secondary N) is 3. The number of carbonyl (C=O) groups is 2. The molecule has 8 nitrogen and oxygen atoms in total. The molecule has 0 unspecified atom stereocenters. The molecule has 0 aliphatic heterocycles. The highest BCUT2D eigenvalue weighted by Gasteiger charge is 2.57. The molecule has 2 heterocycles. The monoisotopic (exact) mass is 486 g/mol. The summed E-state index contributed by atoms with van der Waals surface area (Å²) in [7, 11) is 1.55. The molecule has 1 aromatic carbocycles. The van der Waals surface area contributed by atoms with Crippen LogP contribution in [-0.4, -0.2) is 35.9 Å². The van der Waals surface area contributed by atoms with E-state index in [-0.39, 0.29) is 28.9 Å². The first-order valence-electron chi connectivity index (χ1n) is 13.7. The number of methoxy groups -OCH3 is 1. The zero-order chi connectivity index (χ0) is 27.4. The summed E-state index contributed by atoms with van der Waals surface area (Å²) in [5, 5.41) is 7.96. The van der Waals surface area contributed by atoms with Crippen LogP contribution in [0.15, 0.2) is 48.8 Å². The standard InChI is InChI=1S/C28H29N5O3/c1-29-27(35)20-15-31-24(33-26(34)17-6-7-17)10-23(20)32-22-5-3-4-19(25(22)36-2)21-9-8-18(14-30-21)28-11-16(12-28)13-28/h3-5,8-10,14-17H,6-7,11-13H2,1-2H3,(H,29,35)(H2,31,32,33,34)/i1D3. The largest absolute Gasteiger partial charge is 0.494 e. The number of anilines is 3. The van der Waals surface area contributed by atoms with Crippen molar-refractivity contribution in [2.75, 3.05) is 24.7 Å². The maximum Gasteiger partial charge on any atom is 0.254 e. The Balaban J connectivity index is 1.32. The molecule has 4 fully saturated rings. The van der Waals surface area contributed by atoms with Gasteiger partial charge in [-0.05, 0) is 67.2 Å². The molecular formula is C28H29N5O3. The van der Waals surface area contributed by atoms with Crippen LogP contribution in [0, 0.1) is 11.8 Å². The molecular weight excluding hydrogens is 454 g/mol. The van der Waals surface area contributed by atoms with Crippen molar-refractivity contribution in [1.82, 2.24) is 15.3 Å². The molecule has 3 N–H and O–H groups in total. The average molecular weight is 487 g/mol. The molecule has 36 heavy (non-hydrogen) atoms. The van der Waals surface area contributed by atoms with Crippen LogP contribution in [0.5, 0.6) is 5.75 Å². The van der Waals surface area contributed by atoms with Crippen molar-refractivity contribution >= 4 is 29.0 Å². The number of benzene rings is 1. The van der Waals surface area contributed by atoms with E-state index in [4.69, 9.17) is 13.8 Å². The Morgan fingerprint density at radius 2 is 1.92 bits per heavy atom. The van der Waals surface area contributed by atoms with E-state index in [2.05, 4.69) is 21.7 Å². The first-order chi connectivity index (χ1) is 18.6. The number of para-hydroxylation sites is 1. The normalized spacial score (nSPS) is 23.1. The Bertz CT molecular complexity index is 1440. The minimum atomic E-state index is -2.68. The third-order valence-electron chi connectivity index (χ3n) is 7.64. The first-order valence-corrected chi connectivity index (χ1v) is 12.2. The van der Waals surface area contributed by atoms with Gasteiger partial charge in [0.05, 0.1) is 29.7 Å². The van der Waals surface area contributed by atoms with Gasteiger partial charge in [0, 0.05) is 41.0 Å². The van der Waals surface area contributed by atoms with Crippen LogP contribution in [0.2, 0.25) is 0 Å². The topological polar surface area (TPSA) is 105 Å². The van der Waals surface area contributed by atoms with Crippen molar-refractivity contribution in [2.24, 2.45) is 11.8 Å². The molecule has 0 spiro atoms. The Hall–Kier alpha value is -3.94. The van der Waals surface area contributed by atoms with Crippen LogP contribution in [-0.2, 0) is 10.2 Å². The van der Waals surface area contributed by atoms with E-state index in [9.17, 15) is 9.59 Å². The van der Waals surface area contributed by atoms with Gasteiger partial charge in [0.2, 0.25) is 5.91 Å². The fourth-order valence-electron chi connectivity index (χ4n) is 5.35. The molecule has 4 aliphatic carbocycles. The first kappa shape index (κ1) is 19.3. The molecule has 7 rings (SSSR count). The molecule has 4 aliphatic rings. The van der Waals surface area contributed by atoms with Gasteiger partial charge in [-0.15, -0.1) is 0 Å². The van der Waals surface area contributed by atoms with Crippen molar-refractivity contribution < 1.29 is 18.4 Å². The van der Waals surface area contributed by atoms with Crippen LogP contribution in [0.3, 0.4) is 0 Å². The van der Waals surface area contributed by atoms with Gasteiger partial charge < -0.3 is 20.7 Å². The quantitative estimate of drug-likeness (QED) is 0.428. The highest BCUT2D eigenvalue weighted by atomic mass is 16.5. The molecule has 2 aromatic heterocycles. The average Bonchev–Trinajstić information content (AvgIpc) is 3.67. The highest BCUT2D eigenvalue weighted by molar-refractivity contribution is 6.01. The van der Waals surface area contributed by atoms with Crippen molar-refractivity contribution in [3.8, 4) is 17.0 Å². The minimum absolute atomic E-state index is 0.00374. The number of hydrogen-bond donors (Lipinski definition) is 3. The lowest BCUT2D eigenvalue weighted by Crippen LogP contribution is -2.55. The number of rotatable bonds is 8. The fraction of sp³-hybridized carbons (Fsp3) is 0.357. The summed E-state index contributed by atoms with van der Waals surface area (Å²) in [6, 6.07) is 11.2. The van der Waals surface area contributed by atoms with E-state index in [1.807, 2.05) is 29.7 Å². The highest BCUT2D eigenvalue weighted by Crippen LogP contribution is 2.65. The van der Waals surface area contributed by atoms with Gasteiger partial charge in [-0.2, -0.15) is 0 Å². The van der Waals surface area contributed by atoms with Gasteiger partial charge in [-0.1, -0.05) is 12.1 Å². The number of carbonyl (C=O) groups excluding carboxylic acids is 2. The number of pyridine rings is 2. The zero-order valence-electron chi connectivity index (χ0n) is 22.9. The van der Waals surface area contributed by atoms with Crippen LogP contribution in [0.1, 0.15) is 52.1 Å².